The number of fused-ring (bicyclic) bond motifs is 2. The van der Waals surface area contributed by atoms with E-state index in [4.69, 9.17) is 10.1 Å². The zero-order chi connectivity index (χ0) is 14.9. The number of benzene rings is 1. The number of nitrogens with zero attached hydrogens (tertiary/aromatic N) is 2. The average Bonchev–Trinajstić information content (AvgIpc) is 3.15. The molecule has 5 heteroatoms. The Labute approximate surface area is 133 Å². The number of carbonyl (C=O) groups is 1. The number of aromatic nitrogens is 1. The summed E-state index contributed by atoms with van der Waals surface area (Å²) in [7, 11) is 0. The van der Waals surface area contributed by atoms with Crippen molar-refractivity contribution in [3.63, 3.8) is 0 Å². The Hall–Kier alpha value is -1.46. The van der Waals surface area contributed by atoms with Gasteiger partial charge in [-0.05, 0) is 12.1 Å². The zero-order valence-corrected chi connectivity index (χ0v) is 13.2. The van der Waals surface area contributed by atoms with Gasteiger partial charge in [0, 0.05) is 0 Å². The van der Waals surface area contributed by atoms with Gasteiger partial charge in [0.25, 0.3) is 5.19 Å². The van der Waals surface area contributed by atoms with Crippen LogP contribution < -0.4 is 4.74 Å². The molecule has 2 fully saturated rings. The first kappa shape index (κ1) is 14.2. The summed E-state index contributed by atoms with van der Waals surface area (Å²) in [5.41, 5.74) is 0.923. The van der Waals surface area contributed by atoms with Crippen LogP contribution >= 0.6 is 11.3 Å². The molecule has 1 aromatic heterocycles. The Kier molecular flexibility index (Phi) is 3.84. The van der Waals surface area contributed by atoms with Crippen LogP contribution in [-0.4, -0.2) is 29.5 Å². The first-order chi connectivity index (χ1) is 10.8. The molecule has 0 amide bonds. The van der Waals surface area contributed by atoms with Crippen molar-refractivity contribution >= 4 is 27.3 Å². The quantitative estimate of drug-likeness (QED) is 0.858. The summed E-state index contributed by atoms with van der Waals surface area (Å²) in [5.74, 6) is 0.735. The number of ether oxygens (including phenoxy) is 1. The Bertz CT molecular complexity index is 637. The lowest BCUT2D eigenvalue weighted by Gasteiger charge is -2.34. The fourth-order valence-electron chi connectivity index (χ4n) is 3.59. The number of para-hydroxylation sites is 1. The van der Waals surface area contributed by atoms with Crippen molar-refractivity contribution in [2.24, 2.45) is 5.92 Å². The molecule has 4 rings (SSSR count). The number of rotatable bonds is 4. The Morgan fingerprint density at radius 1 is 1.32 bits per heavy atom. The maximum absolute atomic E-state index is 12.3. The second kappa shape index (κ2) is 5.97. The summed E-state index contributed by atoms with van der Waals surface area (Å²) in [5, 5.41) is 5.29. The van der Waals surface area contributed by atoms with Gasteiger partial charge in [-0.2, -0.15) is 0 Å². The van der Waals surface area contributed by atoms with E-state index in [9.17, 15) is 4.79 Å². The highest BCUT2D eigenvalue weighted by Crippen LogP contribution is 2.41. The lowest BCUT2D eigenvalue weighted by atomic mass is 9.85. The summed E-state index contributed by atoms with van der Waals surface area (Å²) < 4.78 is 6.70. The fourth-order valence-corrected chi connectivity index (χ4v) is 4.41. The van der Waals surface area contributed by atoms with Gasteiger partial charge >= 0.3 is 0 Å². The van der Waals surface area contributed by atoms with Crippen molar-refractivity contribution < 1.29 is 9.53 Å². The highest BCUT2D eigenvalue weighted by Gasteiger charge is 2.29. The molecule has 1 saturated carbocycles. The van der Waals surface area contributed by atoms with Gasteiger partial charge in [0.05, 0.1) is 10.2 Å². The number of thiazole rings is 1. The molecule has 0 bridgehead atoms. The second-order valence-electron chi connectivity index (χ2n) is 6.21. The summed E-state index contributed by atoms with van der Waals surface area (Å²) in [6, 6.07) is 8.17. The molecule has 2 heterocycles. The van der Waals surface area contributed by atoms with Gasteiger partial charge in [0.2, 0.25) is 0 Å². The van der Waals surface area contributed by atoms with E-state index < -0.39 is 0 Å². The van der Waals surface area contributed by atoms with Crippen LogP contribution in [0.25, 0.3) is 15.5 Å². The van der Waals surface area contributed by atoms with Crippen molar-refractivity contribution in [3.8, 4) is 5.19 Å². The van der Waals surface area contributed by atoms with Crippen LogP contribution in [0.2, 0.25) is 0 Å². The molecule has 1 aliphatic heterocycles. The van der Waals surface area contributed by atoms with Crippen molar-refractivity contribution in [2.45, 2.75) is 44.2 Å². The molecule has 1 aromatic carbocycles. The summed E-state index contributed by atoms with van der Waals surface area (Å²) in [6.07, 6.45) is 5.87. The first-order valence-corrected chi connectivity index (χ1v) is 8.82. The third-order valence-corrected chi connectivity index (χ3v) is 5.70. The first-order valence-electron chi connectivity index (χ1n) is 8.00. The van der Waals surface area contributed by atoms with Crippen molar-refractivity contribution in [1.82, 2.24) is 4.98 Å². The van der Waals surface area contributed by atoms with Crippen LogP contribution in [0.1, 0.15) is 32.1 Å². The molecule has 22 heavy (non-hydrogen) atoms. The number of ketones is 1. The lowest BCUT2D eigenvalue weighted by molar-refractivity contribution is -0.121. The number of hydrogen-bond donors (Lipinski definition) is 0. The van der Waals surface area contributed by atoms with Gasteiger partial charge < -0.3 is 10.1 Å². The molecular weight excluding hydrogens is 296 g/mol. The molecular formula is C17H19N2O2S-. The predicted octanol–water partition coefficient (Wildman–Crippen LogP) is 3.95. The zero-order valence-electron chi connectivity index (χ0n) is 12.4. The smallest absolute Gasteiger partial charge is 0.274 e. The Balaban J connectivity index is 1.36. The van der Waals surface area contributed by atoms with Crippen LogP contribution in [0.5, 0.6) is 5.19 Å². The van der Waals surface area contributed by atoms with E-state index in [2.05, 4.69) is 4.98 Å². The van der Waals surface area contributed by atoms with Gasteiger partial charge in [-0.3, -0.25) is 4.79 Å². The normalized spacial score (nSPS) is 27.7. The summed E-state index contributed by atoms with van der Waals surface area (Å²) in [4.78, 5) is 16.7. The third-order valence-electron chi connectivity index (χ3n) is 4.75. The van der Waals surface area contributed by atoms with E-state index in [1.165, 1.54) is 30.6 Å². The second-order valence-corrected chi connectivity index (χ2v) is 7.21. The molecule has 1 aliphatic carbocycles. The van der Waals surface area contributed by atoms with Gasteiger partial charge in [-0.25, -0.2) is 4.98 Å². The lowest BCUT2D eigenvalue weighted by Crippen LogP contribution is -2.23. The molecule has 0 radical (unpaired) electrons. The molecule has 116 valence electrons. The summed E-state index contributed by atoms with van der Waals surface area (Å²) in [6.45, 7) is 0.0907. The van der Waals surface area contributed by atoms with E-state index in [-0.39, 0.29) is 18.4 Å². The predicted molar refractivity (Wildman–Crippen MR) is 87.6 cm³/mol. The molecule has 2 aromatic rings. The largest absolute Gasteiger partial charge is 0.650 e. The van der Waals surface area contributed by atoms with Crippen LogP contribution in [0.15, 0.2) is 24.3 Å². The van der Waals surface area contributed by atoms with Gasteiger partial charge in [-0.1, -0.05) is 67.5 Å². The fraction of sp³-hybridized carbons (Fsp3) is 0.529. The Morgan fingerprint density at radius 2 is 2.18 bits per heavy atom. The van der Waals surface area contributed by atoms with Crippen LogP contribution in [-0.2, 0) is 4.79 Å². The molecule has 4 nitrogen and oxygen atoms in total. The number of hydrogen-bond acceptors (Lipinski definition) is 4. The molecule has 2 aliphatic rings. The molecule has 3 unspecified atom stereocenters. The molecule has 3 atom stereocenters. The topological polar surface area (TPSA) is 53.3 Å². The maximum atomic E-state index is 12.3. The highest BCUT2D eigenvalue weighted by atomic mass is 32.1. The highest BCUT2D eigenvalue weighted by molar-refractivity contribution is 7.20. The van der Waals surface area contributed by atoms with Gasteiger partial charge in [0.1, 0.15) is 6.61 Å². The Morgan fingerprint density at radius 3 is 3.05 bits per heavy atom. The average molecular weight is 315 g/mol. The standard InChI is InChI=1S/C17H19N2O2S/c20-15(14-9-11-5-1-2-6-12(11)18-14)10-21-17-19-13-7-3-4-8-16(13)22-17/h3-4,7-8,11-12,14H,1-2,5-6,9-10H2/q-1. The van der Waals surface area contributed by atoms with Gasteiger partial charge in [-0.15, -0.1) is 6.04 Å². The third kappa shape index (κ3) is 2.75. The van der Waals surface area contributed by atoms with Crippen LogP contribution in [0.3, 0.4) is 0 Å². The minimum Gasteiger partial charge on any atom is -0.650 e. The number of Topliss-reactive ketones (excluding diaryl/α,β-unsaturated/α-hetero) is 1. The van der Waals surface area contributed by atoms with Crippen LogP contribution in [0.4, 0.5) is 0 Å². The van der Waals surface area contributed by atoms with Crippen molar-refractivity contribution in [1.29, 1.82) is 0 Å². The van der Waals surface area contributed by atoms with E-state index in [1.54, 1.807) is 0 Å². The minimum absolute atomic E-state index is 0.0907. The van der Waals surface area contributed by atoms with E-state index in [0.29, 0.717) is 17.2 Å². The van der Waals surface area contributed by atoms with E-state index in [0.717, 1.165) is 23.1 Å². The maximum Gasteiger partial charge on any atom is 0.274 e. The molecule has 0 spiro atoms. The minimum atomic E-state index is -0.150. The molecule has 1 saturated heterocycles. The van der Waals surface area contributed by atoms with Gasteiger partial charge in [0.15, 0.2) is 5.78 Å². The molecule has 0 N–H and O–H groups in total. The number of carbonyl (C=O) groups excluding carboxylic acids is 1. The van der Waals surface area contributed by atoms with Crippen LogP contribution in [0, 0.1) is 5.92 Å². The van der Waals surface area contributed by atoms with E-state index >= 15 is 0 Å². The van der Waals surface area contributed by atoms with E-state index in [1.807, 2.05) is 24.3 Å². The summed E-state index contributed by atoms with van der Waals surface area (Å²) >= 11 is 1.49. The van der Waals surface area contributed by atoms with Crippen molar-refractivity contribution in [2.75, 3.05) is 6.61 Å². The van der Waals surface area contributed by atoms with Crippen molar-refractivity contribution in [3.05, 3.63) is 29.6 Å². The SMILES string of the molecule is O=C(COc1nc2ccccc2s1)C1CC2CCCCC2[N-]1. The monoisotopic (exact) mass is 315 g/mol.